The highest BCUT2D eigenvalue weighted by Gasteiger charge is 2.07. The van der Waals surface area contributed by atoms with Gasteiger partial charge in [-0.2, -0.15) is 0 Å². The van der Waals surface area contributed by atoms with E-state index in [1.54, 1.807) is 30.6 Å². The average molecular weight is 291 g/mol. The summed E-state index contributed by atoms with van der Waals surface area (Å²) < 4.78 is 0. The van der Waals surface area contributed by atoms with Gasteiger partial charge < -0.3 is 16.0 Å². The summed E-state index contributed by atoms with van der Waals surface area (Å²) in [5.41, 5.74) is 0.572. The highest BCUT2D eigenvalue weighted by molar-refractivity contribution is 6.42. The number of quaternary nitrogens is 1. The third-order valence-corrected chi connectivity index (χ3v) is 2.88. The fraction of sp³-hybridized carbons (Fsp3) is 0.273. The van der Waals surface area contributed by atoms with Crippen molar-refractivity contribution in [3.63, 3.8) is 0 Å². The Morgan fingerprint density at radius 3 is 2.44 bits per heavy atom. The molecule has 0 aliphatic rings. The highest BCUT2D eigenvalue weighted by Crippen LogP contribution is 2.24. The lowest BCUT2D eigenvalue weighted by Gasteiger charge is -2.05. The van der Waals surface area contributed by atoms with Crippen LogP contribution in [0.1, 0.15) is 0 Å². The van der Waals surface area contributed by atoms with Crippen LogP contribution in [-0.4, -0.2) is 32.0 Å². The molecule has 0 aliphatic heterocycles. The summed E-state index contributed by atoms with van der Waals surface area (Å²) in [5, 5.41) is 7.54. The van der Waals surface area contributed by atoms with Crippen molar-refractivity contribution >= 4 is 40.7 Å². The van der Waals surface area contributed by atoms with Crippen molar-refractivity contribution < 1.29 is 14.9 Å². The van der Waals surface area contributed by atoms with E-state index in [4.69, 9.17) is 23.2 Å². The van der Waals surface area contributed by atoms with Gasteiger partial charge in [0.05, 0.1) is 10.0 Å². The first-order valence-electron chi connectivity index (χ1n) is 5.30. The molecule has 0 saturated carbocycles. The number of halogens is 2. The maximum absolute atomic E-state index is 11.5. The van der Waals surface area contributed by atoms with Crippen LogP contribution in [0.2, 0.25) is 10.0 Å². The number of nitrogens with two attached hydrogens (primary N) is 1. The predicted molar refractivity (Wildman–Crippen MR) is 70.8 cm³/mol. The van der Waals surface area contributed by atoms with E-state index in [0.29, 0.717) is 15.7 Å². The molecule has 0 spiro atoms. The number of carbonyl (C=O) groups excluding carboxylic acids is 2. The molecule has 98 valence electrons. The van der Waals surface area contributed by atoms with Gasteiger partial charge in [0.2, 0.25) is 0 Å². The molecule has 0 bridgehead atoms. The smallest absolute Gasteiger partial charge is 0.279 e. The normalized spacial score (nSPS) is 9.94. The number of hydrogen-bond acceptors (Lipinski definition) is 2. The van der Waals surface area contributed by atoms with Crippen molar-refractivity contribution in [2.45, 2.75) is 0 Å². The van der Waals surface area contributed by atoms with Crippen LogP contribution in [0, 0.1) is 0 Å². The van der Waals surface area contributed by atoms with Gasteiger partial charge in [0.15, 0.2) is 13.1 Å². The third kappa shape index (κ3) is 4.91. The van der Waals surface area contributed by atoms with Crippen LogP contribution in [0.25, 0.3) is 0 Å². The van der Waals surface area contributed by atoms with E-state index in [9.17, 15) is 9.59 Å². The summed E-state index contributed by atoms with van der Waals surface area (Å²) in [7, 11) is 1.55. The number of anilines is 1. The van der Waals surface area contributed by atoms with Crippen LogP contribution >= 0.6 is 23.2 Å². The lowest BCUT2D eigenvalue weighted by atomic mass is 10.3. The molecule has 1 aromatic carbocycles. The molecule has 0 fully saturated rings. The number of carbonyl (C=O) groups is 2. The van der Waals surface area contributed by atoms with Crippen LogP contribution in [0.4, 0.5) is 5.69 Å². The Morgan fingerprint density at radius 1 is 1.17 bits per heavy atom. The minimum absolute atomic E-state index is 0.127. The zero-order chi connectivity index (χ0) is 13.5. The van der Waals surface area contributed by atoms with Gasteiger partial charge in [0, 0.05) is 12.7 Å². The predicted octanol–water partition coefficient (Wildman–Crippen LogP) is 0.241. The maximum Gasteiger partial charge on any atom is 0.279 e. The highest BCUT2D eigenvalue weighted by atomic mass is 35.5. The largest absolute Gasteiger partial charge is 0.354 e. The first kappa shape index (κ1) is 14.8. The van der Waals surface area contributed by atoms with Gasteiger partial charge >= 0.3 is 0 Å². The van der Waals surface area contributed by atoms with Crippen molar-refractivity contribution in [3.8, 4) is 0 Å². The van der Waals surface area contributed by atoms with Crippen LogP contribution in [-0.2, 0) is 9.59 Å². The second kappa shape index (κ2) is 7.20. The van der Waals surface area contributed by atoms with Gasteiger partial charge in [0.1, 0.15) is 0 Å². The monoisotopic (exact) mass is 290 g/mol. The Hall–Kier alpha value is -1.30. The Bertz CT molecular complexity index is 452. The number of rotatable bonds is 5. The summed E-state index contributed by atoms with van der Waals surface area (Å²) in [6.07, 6.45) is 0. The zero-order valence-corrected chi connectivity index (χ0v) is 11.3. The Kier molecular flexibility index (Phi) is 5.91. The molecule has 0 aromatic heterocycles. The van der Waals surface area contributed by atoms with E-state index in [-0.39, 0.29) is 24.9 Å². The molecule has 0 unspecified atom stereocenters. The van der Waals surface area contributed by atoms with Crippen molar-refractivity contribution in [3.05, 3.63) is 28.2 Å². The van der Waals surface area contributed by atoms with Crippen molar-refractivity contribution in [2.24, 2.45) is 0 Å². The third-order valence-electron chi connectivity index (χ3n) is 2.14. The molecule has 1 aromatic rings. The molecule has 7 heteroatoms. The topological polar surface area (TPSA) is 74.8 Å². The minimum Gasteiger partial charge on any atom is -0.354 e. The lowest BCUT2D eigenvalue weighted by Crippen LogP contribution is -2.88. The summed E-state index contributed by atoms with van der Waals surface area (Å²) in [5.74, 6) is -0.338. The molecule has 5 nitrogen and oxygen atoms in total. The molecule has 0 atom stereocenters. The quantitative estimate of drug-likeness (QED) is 0.727. The van der Waals surface area contributed by atoms with Gasteiger partial charge in [-0.3, -0.25) is 9.59 Å². The molecule has 0 aliphatic carbocycles. The first-order valence-corrected chi connectivity index (χ1v) is 6.05. The Morgan fingerprint density at radius 2 is 1.83 bits per heavy atom. The average Bonchev–Trinajstić information content (AvgIpc) is 2.33. The standard InChI is InChI=1S/C11H13Cl2N3O2/c1-14-10(17)5-15-6-11(18)16-7-2-3-8(12)9(13)4-7/h2-4,15H,5-6H2,1H3,(H,14,17)(H,16,18)/p+1. The van der Waals surface area contributed by atoms with E-state index in [1.165, 1.54) is 0 Å². The Labute approximate surface area is 115 Å². The molecule has 4 N–H and O–H groups in total. The number of amides is 2. The van der Waals surface area contributed by atoms with Crippen LogP contribution in [0.15, 0.2) is 18.2 Å². The van der Waals surface area contributed by atoms with E-state index in [0.717, 1.165) is 0 Å². The number of hydrogen-bond donors (Lipinski definition) is 3. The van der Waals surface area contributed by atoms with Crippen molar-refractivity contribution in [1.29, 1.82) is 0 Å². The molecule has 0 radical (unpaired) electrons. The first-order chi connectivity index (χ1) is 8.52. The number of likely N-dealkylation sites (N-methyl/N-ethyl adjacent to an activating group) is 1. The van der Waals surface area contributed by atoms with E-state index >= 15 is 0 Å². The SMILES string of the molecule is CNC(=O)C[NH2+]CC(=O)Nc1ccc(Cl)c(Cl)c1. The molecular weight excluding hydrogens is 277 g/mol. The molecule has 0 heterocycles. The van der Waals surface area contributed by atoms with Crippen LogP contribution < -0.4 is 16.0 Å². The van der Waals surface area contributed by atoms with Gasteiger partial charge in [-0.05, 0) is 18.2 Å². The molecular formula is C11H14Cl2N3O2+. The van der Waals surface area contributed by atoms with E-state index in [1.807, 2.05) is 0 Å². The fourth-order valence-corrected chi connectivity index (χ4v) is 1.52. The number of benzene rings is 1. The molecule has 2 amide bonds. The summed E-state index contributed by atoms with van der Waals surface area (Å²) >= 11 is 11.6. The summed E-state index contributed by atoms with van der Waals surface area (Å²) in [6, 6.07) is 4.83. The van der Waals surface area contributed by atoms with E-state index < -0.39 is 0 Å². The van der Waals surface area contributed by atoms with Gasteiger partial charge in [-0.1, -0.05) is 23.2 Å². The van der Waals surface area contributed by atoms with Gasteiger partial charge in [-0.15, -0.1) is 0 Å². The van der Waals surface area contributed by atoms with Crippen LogP contribution in [0.5, 0.6) is 0 Å². The minimum atomic E-state index is -0.211. The second-order valence-electron chi connectivity index (χ2n) is 3.55. The lowest BCUT2D eigenvalue weighted by molar-refractivity contribution is -0.632. The summed E-state index contributed by atoms with van der Waals surface area (Å²) in [4.78, 5) is 22.5. The van der Waals surface area contributed by atoms with Crippen molar-refractivity contribution in [1.82, 2.24) is 5.32 Å². The van der Waals surface area contributed by atoms with E-state index in [2.05, 4.69) is 10.6 Å². The maximum atomic E-state index is 11.5. The second-order valence-corrected chi connectivity index (χ2v) is 4.36. The van der Waals surface area contributed by atoms with Crippen molar-refractivity contribution in [2.75, 3.05) is 25.5 Å². The fourth-order valence-electron chi connectivity index (χ4n) is 1.22. The molecule has 1 rings (SSSR count). The molecule has 0 saturated heterocycles. The number of nitrogens with one attached hydrogen (secondary N) is 2. The Balaban J connectivity index is 2.40. The summed E-state index contributed by atoms with van der Waals surface area (Å²) in [6.45, 7) is 0.374. The van der Waals surface area contributed by atoms with Crippen LogP contribution in [0.3, 0.4) is 0 Å². The molecule has 18 heavy (non-hydrogen) atoms. The van der Waals surface area contributed by atoms with Gasteiger partial charge in [0.25, 0.3) is 11.8 Å². The zero-order valence-electron chi connectivity index (χ0n) is 9.80. The van der Waals surface area contributed by atoms with Gasteiger partial charge in [-0.25, -0.2) is 0 Å².